The molecule has 3 aromatic carbocycles. The second-order valence-corrected chi connectivity index (χ2v) is 9.94. The molecular weight excluding hydrogens is 498 g/mol. The molecule has 188 valence electrons. The number of nitrogens with zero attached hydrogens (tertiary/aromatic N) is 3. The van der Waals surface area contributed by atoms with E-state index in [0.717, 1.165) is 38.9 Å². The average molecular weight is 522 g/mol. The smallest absolute Gasteiger partial charge is 0.261 e. The number of rotatable bonds is 3. The summed E-state index contributed by atoms with van der Waals surface area (Å²) in [6.07, 6.45) is 0.651. The number of ether oxygens (including phenoxy) is 1. The molecule has 3 N–H and O–H groups in total. The predicted molar refractivity (Wildman–Crippen MR) is 149 cm³/mol. The zero-order valence-corrected chi connectivity index (χ0v) is 21.8. The summed E-state index contributed by atoms with van der Waals surface area (Å²) in [5.41, 5.74) is 12.3. The van der Waals surface area contributed by atoms with Crippen molar-refractivity contribution in [2.45, 2.75) is 26.2 Å². The number of fused-ring (bicyclic) bond motifs is 3. The van der Waals surface area contributed by atoms with Crippen LogP contribution in [0.2, 0.25) is 5.02 Å². The number of hydrogen-bond acceptors (Lipinski definition) is 5. The Bertz CT molecular complexity index is 1930. The van der Waals surface area contributed by atoms with E-state index in [-0.39, 0.29) is 11.4 Å². The van der Waals surface area contributed by atoms with Crippen molar-refractivity contribution in [3.63, 3.8) is 0 Å². The van der Waals surface area contributed by atoms with E-state index in [2.05, 4.69) is 11.1 Å². The number of nitrogens with one attached hydrogen (secondary N) is 1. The summed E-state index contributed by atoms with van der Waals surface area (Å²) in [7, 11) is 1.72. The van der Waals surface area contributed by atoms with Crippen LogP contribution in [0.15, 0.2) is 70.8 Å². The van der Waals surface area contributed by atoms with E-state index in [0.29, 0.717) is 39.5 Å². The summed E-state index contributed by atoms with van der Waals surface area (Å²) in [4.78, 5) is 21.5. The number of para-hydroxylation sites is 1. The van der Waals surface area contributed by atoms with Crippen molar-refractivity contribution < 1.29 is 4.74 Å². The first kappa shape index (κ1) is 23.8. The van der Waals surface area contributed by atoms with E-state index < -0.39 is 5.92 Å². The molecule has 6 rings (SSSR count). The van der Waals surface area contributed by atoms with Crippen LogP contribution >= 0.6 is 11.6 Å². The zero-order valence-electron chi connectivity index (χ0n) is 21.1. The Balaban J connectivity index is 1.68. The number of nitrogens with two attached hydrogens (primary N) is 1. The molecule has 0 saturated carbocycles. The van der Waals surface area contributed by atoms with Crippen LogP contribution in [0.25, 0.3) is 33.2 Å². The van der Waals surface area contributed by atoms with Gasteiger partial charge in [-0.2, -0.15) is 5.26 Å². The van der Waals surface area contributed by atoms with Crippen LogP contribution in [0, 0.1) is 18.3 Å². The number of aromatic nitrogens is 3. The molecule has 0 aliphatic carbocycles. The van der Waals surface area contributed by atoms with E-state index in [1.54, 1.807) is 17.7 Å². The highest BCUT2D eigenvalue weighted by molar-refractivity contribution is 6.31. The lowest BCUT2D eigenvalue weighted by Gasteiger charge is -2.29. The number of benzene rings is 3. The van der Waals surface area contributed by atoms with E-state index >= 15 is 0 Å². The second-order valence-electron chi connectivity index (χ2n) is 9.50. The third-order valence-electron chi connectivity index (χ3n) is 7.30. The third kappa shape index (κ3) is 3.49. The third-order valence-corrected chi connectivity index (χ3v) is 7.54. The highest BCUT2D eigenvalue weighted by Crippen LogP contribution is 2.48. The SMILES string of the molecule is CCc1cc(-c2nc3ccccc3c(=O)n2C)cc2c1OC(N)=C(C#N)C2c1c(C)[nH]c2ccc(Cl)cc12. The van der Waals surface area contributed by atoms with Crippen molar-refractivity contribution in [3.8, 4) is 23.2 Å². The summed E-state index contributed by atoms with van der Waals surface area (Å²) >= 11 is 6.39. The Morgan fingerprint density at radius 2 is 1.97 bits per heavy atom. The molecule has 3 heterocycles. The molecule has 0 amide bonds. The van der Waals surface area contributed by atoms with E-state index in [9.17, 15) is 10.1 Å². The van der Waals surface area contributed by atoms with Gasteiger partial charge >= 0.3 is 0 Å². The van der Waals surface area contributed by atoms with Gasteiger partial charge < -0.3 is 15.5 Å². The van der Waals surface area contributed by atoms with Crippen molar-refractivity contribution >= 4 is 33.4 Å². The molecule has 1 aliphatic heterocycles. The maximum atomic E-state index is 13.2. The highest BCUT2D eigenvalue weighted by atomic mass is 35.5. The minimum atomic E-state index is -0.501. The van der Waals surface area contributed by atoms with Gasteiger partial charge in [-0.05, 0) is 66.9 Å². The maximum Gasteiger partial charge on any atom is 0.261 e. The Morgan fingerprint density at radius 3 is 2.74 bits per heavy atom. The molecule has 0 radical (unpaired) electrons. The number of aryl methyl sites for hydroxylation is 2. The van der Waals surface area contributed by atoms with Gasteiger partial charge in [0.15, 0.2) is 0 Å². The first-order valence-electron chi connectivity index (χ1n) is 12.3. The standard InChI is InChI=1S/C30H24ClN5O2/c1-4-16-11-17(29-35-23-8-6-5-7-19(23)30(37)36(29)3)12-21-26(22(14-32)28(33)38-27(16)21)25-15(2)34-24-10-9-18(31)13-20(24)25/h5-13,26,34H,4,33H2,1-3H3. The van der Waals surface area contributed by atoms with Crippen LogP contribution in [0.3, 0.4) is 0 Å². The molecule has 0 spiro atoms. The Morgan fingerprint density at radius 1 is 1.18 bits per heavy atom. The largest absolute Gasteiger partial charge is 0.440 e. The predicted octanol–water partition coefficient (Wildman–Crippen LogP) is 5.82. The fraction of sp³-hybridized carbons (Fsp3) is 0.167. The molecule has 5 aromatic rings. The molecule has 1 atom stereocenters. The van der Waals surface area contributed by atoms with Gasteiger partial charge in [-0.1, -0.05) is 30.7 Å². The number of H-pyrrole nitrogens is 1. The van der Waals surface area contributed by atoms with Crippen molar-refractivity contribution in [2.24, 2.45) is 12.8 Å². The van der Waals surface area contributed by atoms with Crippen molar-refractivity contribution in [2.75, 3.05) is 0 Å². The average Bonchev–Trinajstić information content (AvgIpc) is 3.23. The minimum Gasteiger partial charge on any atom is -0.440 e. The Kier molecular flexibility index (Phi) is 5.51. The number of hydrogen-bond donors (Lipinski definition) is 2. The highest BCUT2D eigenvalue weighted by Gasteiger charge is 2.35. The number of nitriles is 1. The first-order chi connectivity index (χ1) is 18.3. The Labute approximate surface area is 223 Å². The number of allylic oxidation sites excluding steroid dienone is 1. The molecule has 0 bridgehead atoms. The molecule has 0 fully saturated rings. The van der Waals surface area contributed by atoms with Gasteiger partial charge in [0.2, 0.25) is 5.88 Å². The second kappa shape index (κ2) is 8.79. The van der Waals surface area contributed by atoms with E-state index in [1.165, 1.54) is 0 Å². The van der Waals surface area contributed by atoms with E-state index in [1.807, 2.05) is 62.4 Å². The maximum absolute atomic E-state index is 13.2. The molecule has 1 unspecified atom stereocenters. The lowest BCUT2D eigenvalue weighted by molar-refractivity contribution is 0.389. The fourth-order valence-corrected chi connectivity index (χ4v) is 5.67. The van der Waals surface area contributed by atoms with Crippen molar-refractivity contribution in [1.29, 1.82) is 5.26 Å². The fourth-order valence-electron chi connectivity index (χ4n) is 5.49. The topological polar surface area (TPSA) is 110 Å². The van der Waals surface area contributed by atoms with Crippen LogP contribution in [0.4, 0.5) is 0 Å². The molecular formula is C30H24ClN5O2. The van der Waals surface area contributed by atoms with Gasteiger partial charge in [-0.15, -0.1) is 0 Å². The number of halogens is 1. The minimum absolute atomic E-state index is 0.0828. The molecule has 8 heteroatoms. The van der Waals surface area contributed by atoms with Gasteiger partial charge in [0.1, 0.15) is 23.2 Å². The monoisotopic (exact) mass is 521 g/mol. The molecule has 7 nitrogen and oxygen atoms in total. The van der Waals surface area contributed by atoms with Gasteiger partial charge in [0.25, 0.3) is 5.56 Å². The molecule has 2 aromatic heterocycles. The van der Waals surface area contributed by atoms with Gasteiger partial charge in [0.05, 0.1) is 16.8 Å². The normalized spacial score (nSPS) is 15.0. The van der Waals surface area contributed by atoms with Crippen LogP contribution in [0.5, 0.6) is 5.75 Å². The van der Waals surface area contributed by atoms with Crippen LogP contribution in [0.1, 0.15) is 35.2 Å². The number of aromatic amines is 1. The van der Waals surface area contributed by atoms with Crippen LogP contribution in [-0.4, -0.2) is 14.5 Å². The van der Waals surface area contributed by atoms with Crippen LogP contribution < -0.4 is 16.0 Å². The summed E-state index contributed by atoms with van der Waals surface area (Å²) in [5.74, 6) is 0.738. The first-order valence-corrected chi connectivity index (χ1v) is 12.7. The summed E-state index contributed by atoms with van der Waals surface area (Å²) in [6.45, 7) is 4.00. The van der Waals surface area contributed by atoms with Gasteiger partial charge in [-0.3, -0.25) is 9.36 Å². The Hall–Kier alpha value is -4.54. The van der Waals surface area contributed by atoms with E-state index in [4.69, 9.17) is 27.1 Å². The summed E-state index contributed by atoms with van der Waals surface area (Å²) < 4.78 is 7.65. The van der Waals surface area contributed by atoms with Crippen LogP contribution in [-0.2, 0) is 13.5 Å². The zero-order chi connectivity index (χ0) is 26.7. The summed E-state index contributed by atoms with van der Waals surface area (Å²) in [5, 5.41) is 12.3. The van der Waals surface area contributed by atoms with Crippen molar-refractivity contribution in [1.82, 2.24) is 14.5 Å². The quantitative estimate of drug-likeness (QED) is 0.310. The van der Waals surface area contributed by atoms with Gasteiger partial charge in [0, 0.05) is 39.8 Å². The lowest BCUT2D eigenvalue weighted by atomic mass is 9.80. The molecule has 38 heavy (non-hydrogen) atoms. The van der Waals surface area contributed by atoms with Gasteiger partial charge in [-0.25, -0.2) is 4.98 Å². The molecule has 0 saturated heterocycles. The summed E-state index contributed by atoms with van der Waals surface area (Å²) in [6, 6.07) is 19.2. The van der Waals surface area contributed by atoms with Crippen molar-refractivity contribution in [3.05, 3.63) is 104 Å². The molecule has 1 aliphatic rings. The lowest BCUT2D eigenvalue weighted by Crippen LogP contribution is -2.23.